The number of para-hydroxylation sites is 1. The molecule has 0 spiro atoms. The number of rotatable bonds is 9. The maximum absolute atomic E-state index is 10.4. The summed E-state index contributed by atoms with van der Waals surface area (Å²) in [5.74, 6) is 1.41. The van der Waals surface area contributed by atoms with Gasteiger partial charge in [0.2, 0.25) is 0 Å². The highest BCUT2D eigenvalue weighted by molar-refractivity contribution is 7.11. The second kappa shape index (κ2) is 9.21. The van der Waals surface area contributed by atoms with Gasteiger partial charge in [0.15, 0.2) is 0 Å². The molecule has 1 N–H and O–H groups in total. The van der Waals surface area contributed by atoms with Gasteiger partial charge in [-0.1, -0.05) is 32.0 Å². The maximum Gasteiger partial charge on any atom is 0.122 e. The van der Waals surface area contributed by atoms with E-state index in [1.165, 1.54) is 9.75 Å². The SMILES string of the molecule is Cc1ccc(CN(CC(C)C)C[C@@H](O)COc2ccccc2C)s1. The second-order valence-corrected chi connectivity index (χ2v) is 8.20. The standard InChI is InChI=1S/C20H29NO2S/c1-15(2)11-21(13-19-10-9-17(4)24-19)12-18(22)14-23-20-8-6-5-7-16(20)3/h5-10,15,18,22H,11-14H2,1-4H3/t18-/m1/s1. The number of aryl methyl sites for hydroxylation is 2. The first-order valence-corrected chi connectivity index (χ1v) is 9.40. The third-order valence-electron chi connectivity index (χ3n) is 3.79. The van der Waals surface area contributed by atoms with Gasteiger partial charge in [-0.15, -0.1) is 11.3 Å². The van der Waals surface area contributed by atoms with Crippen molar-refractivity contribution in [1.29, 1.82) is 0 Å². The van der Waals surface area contributed by atoms with Crippen LogP contribution in [0.1, 0.15) is 29.2 Å². The normalized spacial score (nSPS) is 12.8. The van der Waals surface area contributed by atoms with E-state index in [1.54, 1.807) is 0 Å². The van der Waals surface area contributed by atoms with Crippen LogP contribution in [-0.4, -0.2) is 35.8 Å². The van der Waals surface area contributed by atoms with E-state index in [2.05, 4.69) is 37.8 Å². The number of nitrogens with zero attached hydrogens (tertiary/aromatic N) is 1. The van der Waals surface area contributed by atoms with E-state index < -0.39 is 6.10 Å². The quantitative estimate of drug-likeness (QED) is 0.735. The van der Waals surface area contributed by atoms with Crippen LogP contribution >= 0.6 is 11.3 Å². The van der Waals surface area contributed by atoms with E-state index in [1.807, 2.05) is 42.5 Å². The van der Waals surface area contributed by atoms with E-state index >= 15 is 0 Å². The Morgan fingerprint density at radius 2 is 1.83 bits per heavy atom. The van der Waals surface area contributed by atoms with Crippen molar-refractivity contribution in [2.45, 2.75) is 40.3 Å². The lowest BCUT2D eigenvalue weighted by Crippen LogP contribution is -2.37. The first kappa shape index (κ1) is 19.0. The third kappa shape index (κ3) is 6.27. The zero-order valence-corrected chi connectivity index (χ0v) is 16.0. The molecule has 1 heterocycles. The number of aliphatic hydroxyl groups is 1. The van der Waals surface area contributed by atoms with E-state index in [0.717, 1.165) is 24.4 Å². The lowest BCUT2D eigenvalue weighted by Gasteiger charge is -2.26. The molecule has 1 aromatic heterocycles. The summed E-state index contributed by atoms with van der Waals surface area (Å²) in [5, 5.41) is 10.4. The third-order valence-corrected chi connectivity index (χ3v) is 4.78. The van der Waals surface area contributed by atoms with Crippen molar-refractivity contribution in [2.75, 3.05) is 19.7 Å². The van der Waals surface area contributed by atoms with Crippen LogP contribution in [0, 0.1) is 19.8 Å². The maximum atomic E-state index is 10.4. The van der Waals surface area contributed by atoms with Crippen molar-refractivity contribution >= 4 is 11.3 Å². The fourth-order valence-electron chi connectivity index (χ4n) is 2.77. The Bertz CT molecular complexity index is 624. The molecule has 1 aromatic carbocycles. The van der Waals surface area contributed by atoms with Crippen molar-refractivity contribution in [2.24, 2.45) is 5.92 Å². The van der Waals surface area contributed by atoms with Crippen LogP contribution < -0.4 is 4.74 Å². The zero-order chi connectivity index (χ0) is 17.5. The smallest absolute Gasteiger partial charge is 0.122 e. The molecular weight excluding hydrogens is 318 g/mol. The molecule has 24 heavy (non-hydrogen) atoms. The monoisotopic (exact) mass is 347 g/mol. The highest BCUT2D eigenvalue weighted by Crippen LogP contribution is 2.19. The Kier molecular flexibility index (Phi) is 7.28. The van der Waals surface area contributed by atoms with Crippen LogP contribution in [0.3, 0.4) is 0 Å². The minimum Gasteiger partial charge on any atom is -0.491 e. The first-order chi connectivity index (χ1) is 11.4. The van der Waals surface area contributed by atoms with Crippen LogP contribution in [0.5, 0.6) is 5.75 Å². The van der Waals surface area contributed by atoms with Gasteiger partial charge in [-0.05, 0) is 43.5 Å². The summed E-state index contributed by atoms with van der Waals surface area (Å²) in [4.78, 5) is 5.00. The van der Waals surface area contributed by atoms with Crippen LogP contribution in [0.15, 0.2) is 36.4 Å². The molecule has 0 aliphatic rings. The predicted octanol–water partition coefficient (Wildman–Crippen LogP) is 4.26. The highest BCUT2D eigenvalue weighted by atomic mass is 32.1. The lowest BCUT2D eigenvalue weighted by molar-refractivity contribution is 0.0616. The lowest BCUT2D eigenvalue weighted by atomic mass is 10.2. The van der Waals surface area contributed by atoms with Gasteiger partial charge in [-0.3, -0.25) is 4.90 Å². The minimum atomic E-state index is -0.496. The Morgan fingerprint density at radius 1 is 1.08 bits per heavy atom. The molecule has 0 radical (unpaired) electrons. The summed E-state index contributed by atoms with van der Waals surface area (Å²) in [6.07, 6.45) is -0.496. The van der Waals surface area contributed by atoms with Gasteiger partial charge in [0.25, 0.3) is 0 Å². The number of ether oxygens (including phenoxy) is 1. The molecule has 2 rings (SSSR count). The summed E-state index contributed by atoms with van der Waals surface area (Å²) in [6, 6.07) is 12.3. The summed E-state index contributed by atoms with van der Waals surface area (Å²) in [5.41, 5.74) is 1.10. The van der Waals surface area contributed by atoms with E-state index in [-0.39, 0.29) is 0 Å². The van der Waals surface area contributed by atoms with Gasteiger partial charge in [-0.2, -0.15) is 0 Å². The molecule has 4 heteroatoms. The Labute approximate surface area is 149 Å². The molecule has 0 fully saturated rings. The van der Waals surface area contributed by atoms with Gasteiger partial charge in [0, 0.05) is 29.4 Å². The van der Waals surface area contributed by atoms with Crippen LogP contribution in [0.25, 0.3) is 0 Å². The van der Waals surface area contributed by atoms with Gasteiger partial charge in [0.05, 0.1) is 0 Å². The fourth-order valence-corrected chi connectivity index (χ4v) is 3.70. The predicted molar refractivity (Wildman–Crippen MR) is 102 cm³/mol. The zero-order valence-electron chi connectivity index (χ0n) is 15.2. The number of benzene rings is 1. The van der Waals surface area contributed by atoms with Gasteiger partial charge < -0.3 is 9.84 Å². The molecule has 1 atom stereocenters. The molecule has 2 aromatic rings. The average Bonchev–Trinajstić information content (AvgIpc) is 2.91. The van der Waals surface area contributed by atoms with Gasteiger partial charge in [-0.25, -0.2) is 0 Å². The molecule has 0 amide bonds. The molecular formula is C20H29NO2S. The molecule has 0 aliphatic carbocycles. The first-order valence-electron chi connectivity index (χ1n) is 8.58. The second-order valence-electron chi connectivity index (χ2n) is 6.83. The van der Waals surface area contributed by atoms with E-state index in [9.17, 15) is 5.11 Å². The number of hydrogen-bond donors (Lipinski definition) is 1. The molecule has 0 aliphatic heterocycles. The Hall–Kier alpha value is -1.36. The van der Waals surface area contributed by atoms with Crippen molar-refractivity contribution in [3.63, 3.8) is 0 Å². The average molecular weight is 348 g/mol. The van der Waals surface area contributed by atoms with E-state index in [4.69, 9.17) is 4.74 Å². The van der Waals surface area contributed by atoms with Crippen LogP contribution in [0.4, 0.5) is 0 Å². The number of hydrogen-bond acceptors (Lipinski definition) is 4. The molecule has 132 valence electrons. The Balaban J connectivity index is 1.89. The highest BCUT2D eigenvalue weighted by Gasteiger charge is 2.15. The fraction of sp³-hybridized carbons (Fsp3) is 0.500. The molecule has 3 nitrogen and oxygen atoms in total. The number of thiophene rings is 1. The topological polar surface area (TPSA) is 32.7 Å². The summed E-state index contributed by atoms with van der Waals surface area (Å²) < 4.78 is 5.78. The summed E-state index contributed by atoms with van der Waals surface area (Å²) in [7, 11) is 0. The van der Waals surface area contributed by atoms with Crippen molar-refractivity contribution < 1.29 is 9.84 Å². The molecule has 0 saturated carbocycles. The van der Waals surface area contributed by atoms with Crippen molar-refractivity contribution in [1.82, 2.24) is 4.90 Å². The van der Waals surface area contributed by atoms with Crippen molar-refractivity contribution in [3.8, 4) is 5.75 Å². The number of aliphatic hydroxyl groups excluding tert-OH is 1. The summed E-state index contributed by atoms with van der Waals surface area (Å²) in [6.45, 7) is 11.4. The Morgan fingerprint density at radius 3 is 2.46 bits per heavy atom. The minimum absolute atomic E-state index is 0.322. The molecule has 0 saturated heterocycles. The van der Waals surface area contributed by atoms with Crippen LogP contribution in [-0.2, 0) is 6.54 Å². The van der Waals surface area contributed by atoms with Gasteiger partial charge >= 0.3 is 0 Å². The van der Waals surface area contributed by atoms with Crippen LogP contribution in [0.2, 0.25) is 0 Å². The van der Waals surface area contributed by atoms with Crippen molar-refractivity contribution in [3.05, 3.63) is 51.7 Å². The van der Waals surface area contributed by atoms with E-state index in [0.29, 0.717) is 19.1 Å². The molecule has 0 unspecified atom stereocenters. The molecule has 0 bridgehead atoms. The summed E-state index contributed by atoms with van der Waals surface area (Å²) >= 11 is 1.83. The largest absolute Gasteiger partial charge is 0.491 e. The van der Waals surface area contributed by atoms with Gasteiger partial charge in [0.1, 0.15) is 18.5 Å².